The summed E-state index contributed by atoms with van der Waals surface area (Å²) in [6, 6.07) is 11.0. The first-order valence-electron chi connectivity index (χ1n) is 8.57. The van der Waals surface area contributed by atoms with E-state index < -0.39 is 0 Å². The number of anilines is 1. The van der Waals surface area contributed by atoms with Crippen molar-refractivity contribution >= 4 is 28.9 Å². The molecule has 1 fully saturated rings. The van der Waals surface area contributed by atoms with Crippen LogP contribution in [0.5, 0.6) is 23.0 Å². The van der Waals surface area contributed by atoms with E-state index in [1.165, 1.54) is 4.90 Å². The Morgan fingerprint density at radius 3 is 2.11 bits per heavy atom. The molecule has 1 heterocycles. The van der Waals surface area contributed by atoms with Crippen molar-refractivity contribution in [2.24, 2.45) is 0 Å². The highest BCUT2D eigenvalue weighted by atomic mass is 32.1. The zero-order chi connectivity index (χ0) is 20.3. The van der Waals surface area contributed by atoms with Gasteiger partial charge in [0.05, 0.1) is 34.1 Å². The van der Waals surface area contributed by atoms with Gasteiger partial charge in [-0.15, -0.1) is 0 Å². The Balaban J connectivity index is 1.89. The van der Waals surface area contributed by atoms with E-state index in [1.807, 2.05) is 35.2 Å². The van der Waals surface area contributed by atoms with Crippen molar-refractivity contribution in [1.29, 1.82) is 0 Å². The van der Waals surface area contributed by atoms with E-state index >= 15 is 0 Å². The number of nitrogens with zero attached hydrogens (tertiary/aromatic N) is 2. The summed E-state index contributed by atoms with van der Waals surface area (Å²) in [5.41, 5.74) is 1.51. The van der Waals surface area contributed by atoms with Gasteiger partial charge < -0.3 is 23.8 Å². The Morgan fingerprint density at radius 1 is 0.929 bits per heavy atom. The summed E-state index contributed by atoms with van der Waals surface area (Å²) in [4.78, 5) is 16.0. The van der Waals surface area contributed by atoms with Gasteiger partial charge in [0, 0.05) is 6.54 Å². The predicted octanol–water partition coefficient (Wildman–Crippen LogP) is 2.85. The molecule has 1 aliphatic heterocycles. The Morgan fingerprint density at radius 2 is 1.54 bits per heavy atom. The molecule has 0 aliphatic carbocycles. The second kappa shape index (κ2) is 8.35. The maximum absolute atomic E-state index is 12.7. The first-order valence-corrected chi connectivity index (χ1v) is 8.98. The van der Waals surface area contributed by atoms with Crippen LogP contribution in [0.1, 0.15) is 5.56 Å². The highest BCUT2D eigenvalue weighted by Crippen LogP contribution is 2.39. The number of amides is 1. The zero-order valence-electron chi connectivity index (χ0n) is 16.2. The Labute approximate surface area is 169 Å². The molecule has 148 valence electrons. The van der Waals surface area contributed by atoms with Gasteiger partial charge in [-0.05, 0) is 42.0 Å². The van der Waals surface area contributed by atoms with Gasteiger partial charge in [-0.2, -0.15) is 0 Å². The molecule has 1 saturated heterocycles. The third kappa shape index (κ3) is 3.55. The molecule has 0 aromatic heterocycles. The minimum absolute atomic E-state index is 0.109. The van der Waals surface area contributed by atoms with Crippen molar-refractivity contribution in [3.63, 3.8) is 0 Å². The number of carbonyl (C=O) groups excluding carboxylic acids is 1. The van der Waals surface area contributed by atoms with Crippen LogP contribution in [0.4, 0.5) is 5.69 Å². The Kier molecular flexibility index (Phi) is 5.89. The molecule has 2 aromatic rings. The summed E-state index contributed by atoms with van der Waals surface area (Å²) in [7, 11) is 6.25. The number of para-hydroxylation sites is 2. The first-order chi connectivity index (χ1) is 13.5. The van der Waals surface area contributed by atoms with E-state index in [4.69, 9.17) is 31.2 Å². The lowest BCUT2D eigenvalue weighted by atomic mass is 10.1. The minimum atomic E-state index is -0.109. The molecule has 0 radical (unpaired) electrons. The molecule has 0 saturated carbocycles. The largest absolute Gasteiger partial charge is 0.495 e. The molecule has 0 spiro atoms. The van der Waals surface area contributed by atoms with Crippen LogP contribution in [0.15, 0.2) is 36.4 Å². The molecule has 0 unspecified atom stereocenters. The van der Waals surface area contributed by atoms with E-state index in [9.17, 15) is 4.79 Å². The number of rotatable bonds is 7. The highest BCUT2D eigenvalue weighted by molar-refractivity contribution is 7.80. The number of hydrogen-bond donors (Lipinski definition) is 0. The van der Waals surface area contributed by atoms with Gasteiger partial charge >= 0.3 is 0 Å². The topological polar surface area (TPSA) is 60.5 Å². The van der Waals surface area contributed by atoms with Crippen molar-refractivity contribution in [2.45, 2.75) is 6.54 Å². The van der Waals surface area contributed by atoms with Crippen molar-refractivity contribution in [3.8, 4) is 23.0 Å². The molecule has 3 rings (SSSR count). The van der Waals surface area contributed by atoms with Crippen LogP contribution >= 0.6 is 12.2 Å². The molecule has 0 atom stereocenters. The third-order valence-electron chi connectivity index (χ3n) is 4.46. The number of thiocarbonyl (C=S) groups is 1. The molecule has 8 heteroatoms. The van der Waals surface area contributed by atoms with E-state index in [0.717, 1.165) is 5.56 Å². The average molecular weight is 402 g/mol. The molecule has 0 bridgehead atoms. The molecule has 1 amide bonds. The number of carbonyl (C=O) groups is 1. The molecule has 0 N–H and O–H groups in total. The lowest BCUT2D eigenvalue weighted by Gasteiger charge is -2.22. The number of methoxy groups -OCH3 is 4. The van der Waals surface area contributed by atoms with Gasteiger partial charge in [0.25, 0.3) is 5.91 Å². The summed E-state index contributed by atoms with van der Waals surface area (Å²) in [6.07, 6.45) is 0. The standard InChI is InChI=1S/C20H22N2O5S/c1-24-15-8-6-5-7-14(15)22-18(23)12-21(20(22)28)11-13-9-16(25-2)19(27-4)17(10-13)26-3/h5-10H,11-12H2,1-4H3. The Hall–Kier alpha value is -3.00. The minimum Gasteiger partial charge on any atom is -0.495 e. The van der Waals surface area contributed by atoms with E-state index in [0.29, 0.717) is 40.3 Å². The molecular weight excluding hydrogens is 380 g/mol. The molecule has 2 aromatic carbocycles. The smallest absolute Gasteiger partial charge is 0.253 e. The van der Waals surface area contributed by atoms with E-state index in [-0.39, 0.29) is 12.5 Å². The van der Waals surface area contributed by atoms with E-state index in [2.05, 4.69) is 0 Å². The van der Waals surface area contributed by atoms with E-state index in [1.54, 1.807) is 34.5 Å². The first kappa shape index (κ1) is 19.8. The molecule has 1 aliphatic rings. The lowest BCUT2D eigenvalue weighted by Crippen LogP contribution is -2.32. The van der Waals surface area contributed by atoms with Crippen LogP contribution in [0, 0.1) is 0 Å². The van der Waals surface area contributed by atoms with Crippen LogP contribution in [0.3, 0.4) is 0 Å². The van der Waals surface area contributed by atoms with Gasteiger partial charge in [-0.3, -0.25) is 9.69 Å². The van der Waals surface area contributed by atoms with Crippen molar-refractivity contribution in [1.82, 2.24) is 4.90 Å². The number of ether oxygens (including phenoxy) is 4. The maximum Gasteiger partial charge on any atom is 0.253 e. The number of benzene rings is 2. The molecule has 7 nitrogen and oxygen atoms in total. The average Bonchev–Trinajstić information content (AvgIpc) is 2.99. The van der Waals surface area contributed by atoms with Gasteiger partial charge in [-0.1, -0.05) is 12.1 Å². The number of hydrogen-bond acceptors (Lipinski definition) is 6. The summed E-state index contributed by atoms with van der Waals surface area (Å²) in [5.74, 6) is 2.10. The van der Waals surface area contributed by atoms with Crippen molar-refractivity contribution < 1.29 is 23.7 Å². The van der Waals surface area contributed by atoms with Gasteiger partial charge in [0.15, 0.2) is 16.6 Å². The summed E-state index contributed by atoms with van der Waals surface area (Å²) < 4.78 is 21.5. The van der Waals surface area contributed by atoms with Crippen molar-refractivity contribution in [2.75, 3.05) is 39.9 Å². The normalized spacial score (nSPS) is 13.7. The maximum atomic E-state index is 12.7. The van der Waals surface area contributed by atoms with Crippen LogP contribution in [-0.2, 0) is 11.3 Å². The van der Waals surface area contributed by atoms with Crippen LogP contribution in [-0.4, -0.2) is 50.9 Å². The van der Waals surface area contributed by atoms with Crippen LogP contribution in [0.2, 0.25) is 0 Å². The van der Waals surface area contributed by atoms with Crippen molar-refractivity contribution in [3.05, 3.63) is 42.0 Å². The quantitative estimate of drug-likeness (QED) is 0.660. The Bertz CT molecular complexity index is 877. The summed E-state index contributed by atoms with van der Waals surface area (Å²) >= 11 is 5.59. The van der Waals surface area contributed by atoms with Crippen LogP contribution in [0.25, 0.3) is 0 Å². The molecule has 28 heavy (non-hydrogen) atoms. The second-order valence-corrected chi connectivity index (χ2v) is 6.44. The monoisotopic (exact) mass is 402 g/mol. The van der Waals surface area contributed by atoms with Gasteiger partial charge in [0.1, 0.15) is 12.3 Å². The lowest BCUT2D eigenvalue weighted by molar-refractivity contribution is -0.116. The second-order valence-electron chi connectivity index (χ2n) is 6.07. The third-order valence-corrected chi connectivity index (χ3v) is 4.90. The predicted molar refractivity (Wildman–Crippen MR) is 110 cm³/mol. The fraction of sp³-hybridized carbons (Fsp3) is 0.300. The summed E-state index contributed by atoms with van der Waals surface area (Å²) in [6.45, 7) is 0.598. The molecular formula is C20H22N2O5S. The highest BCUT2D eigenvalue weighted by Gasteiger charge is 2.35. The van der Waals surface area contributed by atoms with Gasteiger partial charge in [0.2, 0.25) is 5.75 Å². The van der Waals surface area contributed by atoms with Crippen LogP contribution < -0.4 is 23.8 Å². The fourth-order valence-corrected chi connectivity index (χ4v) is 3.50. The SMILES string of the molecule is COc1ccccc1N1C(=O)CN(Cc2cc(OC)c(OC)c(OC)c2)C1=S. The fourth-order valence-electron chi connectivity index (χ4n) is 3.17. The summed E-state index contributed by atoms with van der Waals surface area (Å²) in [5, 5.41) is 0.420. The van der Waals surface area contributed by atoms with Gasteiger partial charge in [-0.25, -0.2) is 0 Å². The zero-order valence-corrected chi connectivity index (χ0v) is 17.0.